The highest BCUT2D eigenvalue weighted by Gasteiger charge is 2.33. The molecular formula is C17H20N4OS. The van der Waals surface area contributed by atoms with Gasteiger partial charge in [0.15, 0.2) is 0 Å². The molecule has 1 saturated carbocycles. The van der Waals surface area contributed by atoms with Crippen molar-refractivity contribution in [3.8, 4) is 0 Å². The molecule has 6 heteroatoms. The number of hydrazine groups is 1. The van der Waals surface area contributed by atoms with Crippen molar-refractivity contribution in [1.29, 1.82) is 0 Å². The van der Waals surface area contributed by atoms with Crippen molar-refractivity contribution in [1.82, 2.24) is 21.2 Å². The third-order valence-electron chi connectivity index (χ3n) is 4.42. The minimum absolute atomic E-state index is 0.00802. The average molecular weight is 328 g/mol. The molecule has 5 nitrogen and oxygen atoms in total. The summed E-state index contributed by atoms with van der Waals surface area (Å²) >= 11 is 1.71. The van der Waals surface area contributed by atoms with E-state index < -0.39 is 0 Å². The molecule has 23 heavy (non-hydrogen) atoms. The summed E-state index contributed by atoms with van der Waals surface area (Å²) in [5.74, 6) is 0.631. The molecule has 4 rings (SSSR count). The predicted molar refractivity (Wildman–Crippen MR) is 89.7 cm³/mol. The van der Waals surface area contributed by atoms with Crippen LogP contribution in [0.1, 0.15) is 41.1 Å². The van der Waals surface area contributed by atoms with Crippen LogP contribution in [0.5, 0.6) is 0 Å². The molecule has 1 saturated heterocycles. The van der Waals surface area contributed by atoms with E-state index in [9.17, 15) is 4.79 Å². The molecule has 0 spiro atoms. The summed E-state index contributed by atoms with van der Waals surface area (Å²) < 4.78 is 0. The van der Waals surface area contributed by atoms with Gasteiger partial charge in [-0.2, -0.15) is 0 Å². The second-order valence-electron chi connectivity index (χ2n) is 6.19. The minimum atomic E-state index is -0.112. The smallest absolute Gasteiger partial charge is 0.226 e. The van der Waals surface area contributed by atoms with Gasteiger partial charge in [-0.15, -0.1) is 11.3 Å². The molecule has 0 radical (unpaired) electrons. The molecule has 2 heterocycles. The first-order valence-corrected chi connectivity index (χ1v) is 8.94. The Bertz CT molecular complexity index is 683. The third kappa shape index (κ3) is 3.29. The number of hydrogen-bond acceptors (Lipinski definition) is 5. The Hall–Kier alpha value is -1.76. The number of nitrogens with zero attached hydrogens (tertiary/aromatic N) is 1. The fourth-order valence-electron chi connectivity index (χ4n) is 2.95. The van der Waals surface area contributed by atoms with Crippen molar-refractivity contribution >= 4 is 17.2 Å². The first kappa shape index (κ1) is 14.8. The zero-order valence-corrected chi connectivity index (χ0v) is 13.6. The van der Waals surface area contributed by atoms with Crippen LogP contribution in [0.3, 0.4) is 0 Å². The van der Waals surface area contributed by atoms with Crippen LogP contribution < -0.4 is 16.2 Å². The second kappa shape index (κ2) is 6.39. The van der Waals surface area contributed by atoms with Crippen molar-refractivity contribution in [2.24, 2.45) is 5.92 Å². The molecule has 2 fully saturated rings. The molecule has 2 atom stereocenters. The van der Waals surface area contributed by atoms with Crippen LogP contribution >= 0.6 is 11.3 Å². The van der Waals surface area contributed by atoms with E-state index in [0.29, 0.717) is 19.0 Å². The van der Waals surface area contributed by atoms with Crippen molar-refractivity contribution < 1.29 is 4.79 Å². The van der Waals surface area contributed by atoms with E-state index >= 15 is 0 Å². The molecule has 1 aromatic heterocycles. The molecular weight excluding hydrogens is 308 g/mol. The summed E-state index contributed by atoms with van der Waals surface area (Å²) in [4.78, 5) is 17.2. The van der Waals surface area contributed by atoms with Crippen LogP contribution in [0, 0.1) is 5.92 Å². The molecule has 1 amide bonds. The molecule has 1 aliphatic carbocycles. The van der Waals surface area contributed by atoms with Crippen molar-refractivity contribution in [2.45, 2.75) is 31.3 Å². The van der Waals surface area contributed by atoms with Crippen LogP contribution in [-0.4, -0.2) is 17.4 Å². The standard InChI is InChI=1S/C17H20N4OS/c22-16(18-8-13-10-23-17(20-13)12-6-7-12)14-9-19-21-15(14)11-4-2-1-3-5-11/h1-5,10,12,14-15,19,21H,6-9H2,(H,18,22). The lowest BCUT2D eigenvalue weighted by atomic mass is 9.94. The van der Waals surface area contributed by atoms with Crippen LogP contribution in [0.15, 0.2) is 35.7 Å². The molecule has 3 N–H and O–H groups in total. The fourth-order valence-corrected chi connectivity index (χ4v) is 3.94. The van der Waals surface area contributed by atoms with E-state index in [4.69, 9.17) is 0 Å². The van der Waals surface area contributed by atoms with E-state index in [-0.39, 0.29) is 17.9 Å². The maximum atomic E-state index is 12.5. The largest absolute Gasteiger partial charge is 0.350 e. The lowest BCUT2D eigenvalue weighted by Gasteiger charge is -2.18. The van der Waals surface area contributed by atoms with Crippen LogP contribution in [0.2, 0.25) is 0 Å². The van der Waals surface area contributed by atoms with E-state index in [1.165, 1.54) is 17.8 Å². The summed E-state index contributed by atoms with van der Waals surface area (Å²) in [6.07, 6.45) is 2.52. The Morgan fingerprint density at radius 1 is 1.30 bits per heavy atom. The lowest BCUT2D eigenvalue weighted by Crippen LogP contribution is -2.34. The van der Waals surface area contributed by atoms with Gasteiger partial charge in [0, 0.05) is 17.8 Å². The SMILES string of the molecule is O=C(NCc1csc(C2CC2)n1)C1CNNC1c1ccccc1. The van der Waals surface area contributed by atoms with Gasteiger partial charge in [-0.3, -0.25) is 10.2 Å². The molecule has 1 aromatic carbocycles. The minimum Gasteiger partial charge on any atom is -0.350 e. The van der Waals surface area contributed by atoms with Gasteiger partial charge in [0.1, 0.15) is 0 Å². The van der Waals surface area contributed by atoms with E-state index in [1.54, 1.807) is 11.3 Å². The zero-order chi connectivity index (χ0) is 15.6. The Kier molecular flexibility index (Phi) is 4.11. The Morgan fingerprint density at radius 3 is 2.91 bits per heavy atom. The number of rotatable bonds is 5. The predicted octanol–water partition coefficient (Wildman–Crippen LogP) is 2.10. The average Bonchev–Trinajstić information content (AvgIpc) is 3.14. The topological polar surface area (TPSA) is 66.0 Å². The Balaban J connectivity index is 1.37. The third-order valence-corrected chi connectivity index (χ3v) is 5.47. The van der Waals surface area contributed by atoms with Crippen molar-refractivity contribution in [3.05, 3.63) is 52.0 Å². The number of benzene rings is 1. The van der Waals surface area contributed by atoms with Crippen LogP contribution in [-0.2, 0) is 11.3 Å². The molecule has 0 bridgehead atoms. The van der Waals surface area contributed by atoms with Crippen LogP contribution in [0.25, 0.3) is 0 Å². The maximum absolute atomic E-state index is 12.5. The van der Waals surface area contributed by atoms with E-state index in [2.05, 4.69) is 26.5 Å². The fraction of sp³-hybridized carbons (Fsp3) is 0.412. The van der Waals surface area contributed by atoms with Crippen molar-refractivity contribution in [3.63, 3.8) is 0 Å². The normalized spacial score (nSPS) is 23.8. The first-order valence-electron chi connectivity index (χ1n) is 8.06. The van der Waals surface area contributed by atoms with E-state index in [0.717, 1.165) is 11.3 Å². The Morgan fingerprint density at radius 2 is 2.13 bits per heavy atom. The van der Waals surface area contributed by atoms with Gasteiger partial charge in [0.05, 0.1) is 29.2 Å². The lowest BCUT2D eigenvalue weighted by molar-refractivity contribution is -0.125. The maximum Gasteiger partial charge on any atom is 0.226 e. The van der Waals surface area contributed by atoms with Crippen molar-refractivity contribution in [2.75, 3.05) is 6.54 Å². The van der Waals surface area contributed by atoms with Gasteiger partial charge in [-0.1, -0.05) is 30.3 Å². The monoisotopic (exact) mass is 328 g/mol. The van der Waals surface area contributed by atoms with Crippen LogP contribution in [0.4, 0.5) is 0 Å². The summed E-state index contributed by atoms with van der Waals surface area (Å²) in [6, 6.07) is 10.1. The quantitative estimate of drug-likeness (QED) is 0.786. The number of aromatic nitrogens is 1. The molecule has 120 valence electrons. The molecule has 2 aromatic rings. The molecule has 2 aliphatic rings. The first-order chi connectivity index (χ1) is 11.3. The van der Waals surface area contributed by atoms with Gasteiger partial charge in [-0.25, -0.2) is 10.4 Å². The highest BCUT2D eigenvalue weighted by atomic mass is 32.1. The van der Waals surface area contributed by atoms with Gasteiger partial charge in [0.2, 0.25) is 5.91 Å². The highest BCUT2D eigenvalue weighted by Crippen LogP contribution is 2.41. The van der Waals surface area contributed by atoms with Gasteiger partial charge >= 0.3 is 0 Å². The molecule has 2 unspecified atom stereocenters. The highest BCUT2D eigenvalue weighted by molar-refractivity contribution is 7.09. The van der Waals surface area contributed by atoms with Gasteiger partial charge < -0.3 is 5.32 Å². The van der Waals surface area contributed by atoms with Gasteiger partial charge in [-0.05, 0) is 18.4 Å². The number of nitrogens with one attached hydrogen (secondary N) is 3. The van der Waals surface area contributed by atoms with Gasteiger partial charge in [0.25, 0.3) is 0 Å². The second-order valence-corrected chi connectivity index (χ2v) is 7.08. The summed E-state index contributed by atoms with van der Waals surface area (Å²) in [7, 11) is 0. The zero-order valence-electron chi connectivity index (χ0n) is 12.8. The number of hydrogen-bond donors (Lipinski definition) is 3. The summed E-state index contributed by atoms with van der Waals surface area (Å²) in [5, 5.41) is 6.32. The number of carbonyl (C=O) groups excluding carboxylic acids is 1. The molecule has 1 aliphatic heterocycles. The number of carbonyl (C=O) groups is 1. The summed E-state index contributed by atoms with van der Waals surface area (Å²) in [6.45, 7) is 1.15. The summed E-state index contributed by atoms with van der Waals surface area (Å²) in [5.41, 5.74) is 8.41. The number of thiazole rings is 1. The Labute approximate surface area is 139 Å². The van der Waals surface area contributed by atoms with E-state index in [1.807, 2.05) is 30.3 Å². The number of amides is 1.